The summed E-state index contributed by atoms with van der Waals surface area (Å²) >= 11 is 0. The van der Waals surface area contributed by atoms with Crippen molar-refractivity contribution in [3.05, 3.63) is 194 Å². The van der Waals surface area contributed by atoms with Crippen molar-refractivity contribution in [1.82, 2.24) is 19.9 Å². The van der Waals surface area contributed by atoms with Gasteiger partial charge >= 0.3 is 0 Å². The Morgan fingerprint density at radius 1 is 0.276 bits per heavy atom. The zero-order valence-corrected chi connectivity index (χ0v) is 31.3. The highest BCUT2D eigenvalue weighted by Gasteiger charge is 2.13. The van der Waals surface area contributed by atoms with Gasteiger partial charge < -0.3 is 0 Å². The Labute approximate surface area is 333 Å². The summed E-state index contributed by atoms with van der Waals surface area (Å²) in [6, 6.07) is 64.9. The zero-order chi connectivity index (χ0) is 38.2. The molecule has 0 unspecified atom stereocenters. The standard InChI is InChI=1S/C54H32N4/c1-2-9-44-42(7-1)43-8-3-4-10-45(43)48-31-40(18-22-46(44)48)51-26-21-39-30-37(20-25-50(39)57-51)38-16-15-35-19-24-49(58-52(35)32-38)34-13-11-33(12-14-34)41-27-29-56-54-47(41)23-17-36-6-5-28-55-53(36)54/h1-32H. The number of rotatable bonds is 4. The van der Waals surface area contributed by atoms with E-state index in [0.717, 1.165) is 88.4 Å². The second-order valence-electron chi connectivity index (χ2n) is 15.0. The van der Waals surface area contributed by atoms with Gasteiger partial charge in [0.2, 0.25) is 0 Å². The fourth-order valence-electron chi connectivity index (χ4n) is 8.82. The molecule has 0 radical (unpaired) electrons. The molecule has 0 aliphatic carbocycles. The van der Waals surface area contributed by atoms with Crippen LogP contribution in [0.15, 0.2) is 194 Å². The van der Waals surface area contributed by atoms with Crippen LogP contribution < -0.4 is 0 Å². The molecule has 0 fully saturated rings. The molecule has 0 amide bonds. The van der Waals surface area contributed by atoms with Crippen LogP contribution in [0.5, 0.6) is 0 Å². The SMILES string of the molecule is c1cnc2c(c1)ccc1c(-c3ccc(-c4ccc5ccc(-c6ccc7nc(-c8ccc9c%10ccccc%10c%10ccccc%10c9c8)ccc7c6)cc5n4)cc3)ccnc12. The van der Waals surface area contributed by atoms with Crippen LogP contribution in [0, 0.1) is 0 Å². The largest absolute Gasteiger partial charge is 0.254 e. The minimum Gasteiger partial charge on any atom is -0.254 e. The predicted molar refractivity (Wildman–Crippen MR) is 242 cm³/mol. The van der Waals surface area contributed by atoms with Gasteiger partial charge in [0.05, 0.1) is 33.5 Å². The number of pyridine rings is 4. The summed E-state index contributed by atoms with van der Waals surface area (Å²) < 4.78 is 0. The van der Waals surface area contributed by atoms with Crippen LogP contribution in [0.25, 0.3) is 121 Å². The zero-order valence-electron chi connectivity index (χ0n) is 31.3. The van der Waals surface area contributed by atoms with E-state index in [-0.39, 0.29) is 0 Å². The molecular formula is C54H32N4. The number of hydrogen-bond acceptors (Lipinski definition) is 4. The maximum atomic E-state index is 5.16. The normalized spacial score (nSPS) is 11.8. The molecule has 12 aromatic rings. The molecule has 268 valence electrons. The van der Waals surface area contributed by atoms with Gasteiger partial charge in [-0.05, 0) is 103 Å². The first-order valence-corrected chi connectivity index (χ1v) is 19.6. The lowest BCUT2D eigenvalue weighted by atomic mass is 9.93. The maximum Gasteiger partial charge on any atom is 0.0970 e. The Balaban J connectivity index is 0.856. The number of fused-ring (bicyclic) bond motifs is 11. The van der Waals surface area contributed by atoms with Gasteiger partial charge in [0.25, 0.3) is 0 Å². The molecule has 4 aromatic heterocycles. The van der Waals surface area contributed by atoms with Crippen LogP contribution in [0.2, 0.25) is 0 Å². The minimum absolute atomic E-state index is 0.919. The van der Waals surface area contributed by atoms with Gasteiger partial charge in [0, 0.05) is 45.1 Å². The van der Waals surface area contributed by atoms with Gasteiger partial charge in [-0.25, -0.2) is 9.97 Å². The molecule has 0 spiro atoms. The third kappa shape index (κ3) is 5.23. The highest BCUT2D eigenvalue weighted by atomic mass is 14.7. The lowest BCUT2D eigenvalue weighted by Gasteiger charge is -2.12. The Bertz CT molecular complexity index is 3590. The minimum atomic E-state index is 0.919. The molecule has 0 aliphatic heterocycles. The van der Waals surface area contributed by atoms with Crippen molar-refractivity contribution >= 4 is 75.9 Å². The molecule has 0 saturated heterocycles. The average molecular weight is 737 g/mol. The first-order valence-electron chi connectivity index (χ1n) is 19.6. The van der Waals surface area contributed by atoms with Gasteiger partial charge in [0.1, 0.15) is 0 Å². The van der Waals surface area contributed by atoms with Crippen molar-refractivity contribution in [3.8, 4) is 44.8 Å². The number of nitrogens with zero attached hydrogens (tertiary/aromatic N) is 4. The molecule has 0 bridgehead atoms. The Morgan fingerprint density at radius 3 is 1.66 bits per heavy atom. The van der Waals surface area contributed by atoms with Crippen LogP contribution >= 0.6 is 0 Å². The summed E-state index contributed by atoms with van der Waals surface area (Å²) in [5, 5.41) is 12.0. The first kappa shape index (κ1) is 32.4. The molecule has 0 aliphatic rings. The summed E-state index contributed by atoms with van der Waals surface area (Å²) in [4.78, 5) is 19.6. The number of aromatic nitrogens is 4. The van der Waals surface area contributed by atoms with Crippen LogP contribution in [0.4, 0.5) is 0 Å². The van der Waals surface area contributed by atoms with Gasteiger partial charge in [0.15, 0.2) is 0 Å². The second kappa shape index (κ2) is 12.9. The summed E-state index contributed by atoms with van der Waals surface area (Å²) in [6.07, 6.45) is 3.70. The summed E-state index contributed by atoms with van der Waals surface area (Å²) in [6.45, 7) is 0. The Hall–Kier alpha value is -7.82. The van der Waals surface area contributed by atoms with E-state index in [1.807, 2.05) is 18.5 Å². The van der Waals surface area contributed by atoms with E-state index in [1.165, 1.54) is 32.3 Å². The summed E-state index contributed by atoms with van der Waals surface area (Å²) in [5.74, 6) is 0. The van der Waals surface area contributed by atoms with Crippen LogP contribution in [0.1, 0.15) is 0 Å². The van der Waals surface area contributed by atoms with E-state index in [4.69, 9.17) is 15.0 Å². The summed E-state index contributed by atoms with van der Waals surface area (Å²) in [7, 11) is 0. The van der Waals surface area contributed by atoms with Crippen LogP contribution in [-0.2, 0) is 0 Å². The monoisotopic (exact) mass is 736 g/mol. The van der Waals surface area contributed by atoms with Crippen LogP contribution in [-0.4, -0.2) is 19.9 Å². The fourth-order valence-corrected chi connectivity index (χ4v) is 8.82. The van der Waals surface area contributed by atoms with Gasteiger partial charge in [-0.15, -0.1) is 0 Å². The molecule has 0 N–H and O–H groups in total. The van der Waals surface area contributed by atoms with Crippen molar-refractivity contribution in [2.45, 2.75) is 0 Å². The topological polar surface area (TPSA) is 51.6 Å². The van der Waals surface area contributed by atoms with E-state index in [9.17, 15) is 0 Å². The van der Waals surface area contributed by atoms with Gasteiger partial charge in [-0.1, -0.05) is 133 Å². The second-order valence-corrected chi connectivity index (χ2v) is 15.0. The van der Waals surface area contributed by atoms with E-state index < -0.39 is 0 Å². The Morgan fingerprint density at radius 2 is 0.845 bits per heavy atom. The molecule has 4 heterocycles. The molecule has 4 heteroatoms. The molecular weight excluding hydrogens is 705 g/mol. The third-order valence-electron chi connectivity index (χ3n) is 11.7. The van der Waals surface area contributed by atoms with E-state index in [1.54, 1.807) is 0 Å². The summed E-state index contributed by atoms with van der Waals surface area (Å²) in [5.41, 5.74) is 12.4. The van der Waals surface area contributed by atoms with Gasteiger partial charge in [-0.2, -0.15) is 0 Å². The van der Waals surface area contributed by atoms with Crippen molar-refractivity contribution in [3.63, 3.8) is 0 Å². The average Bonchev–Trinajstić information content (AvgIpc) is 3.30. The number of benzene rings is 8. The van der Waals surface area contributed by atoms with E-state index in [0.29, 0.717) is 0 Å². The van der Waals surface area contributed by atoms with Crippen molar-refractivity contribution in [2.24, 2.45) is 0 Å². The molecule has 0 atom stereocenters. The predicted octanol–water partition coefficient (Wildman–Crippen LogP) is 14.0. The lowest BCUT2D eigenvalue weighted by molar-refractivity contribution is 1.37. The highest BCUT2D eigenvalue weighted by Crippen LogP contribution is 2.38. The Kier molecular flexibility index (Phi) is 7.20. The van der Waals surface area contributed by atoms with E-state index >= 15 is 0 Å². The molecule has 12 rings (SSSR count). The van der Waals surface area contributed by atoms with E-state index in [2.05, 4.69) is 181 Å². The highest BCUT2D eigenvalue weighted by molar-refractivity contribution is 6.25. The third-order valence-corrected chi connectivity index (χ3v) is 11.7. The lowest BCUT2D eigenvalue weighted by Crippen LogP contribution is -1.90. The number of hydrogen-bond donors (Lipinski definition) is 0. The van der Waals surface area contributed by atoms with Crippen molar-refractivity contribution < 1.29 is 0 Å². The fraction of sp³-hybridized carbons (Fsp3) is 0. The van der Waals surface area contributed by atoms with Gasteiger partial charge in [-0.3, -0.25) is 9.97 Å². The quantitative estimate of drug-likeness (QED) is 0.169. The van der Waals surface area contributed by atoms with Crippen molar-refractivity contribution in [2.75, 3.05) is 0 Å². The smallest absolute Gasteiger partial charge is 0.0970 e. The first-order chi connectivity index (χ1) is 28.7. The molecule has 0 saturated carbocycles. The van der Waals surface area contributed by atoms with Crippen LogP contribution in [0.3, 0.4) is 0 Å². The molecule has 58 heavy (non-hydrogen) atoms. The van der Waals surface area contributed by atoms with Crippen molar-refractivity contribution in [1.29, 1.82) is 0 Å². The maximum absolute atomic E-state index is 5.16. The molecule has 8 aromatic carbocycles. The molecule has 4 nitrogen and oxygen atoms in total.